The molecule has 0 saturated carbocycles. The molecule has 1 aromatic heterocycles. The second kappa shape index (κ2) is 7.99. The van der Waals surface area contributed by atoms with E-state index in [1.165, 1.54) is 0 Å². The fourth-order valence-electron chi connectivity index (χ4n) is 3.85. The first-order valence-electron chi connectivity index (χ1n) is 10.1. The number of anilines is 2. The fraction of sp³-hybridized carbons (Fsp3) is 0.304. The maximum absolute atomic E-state index is 13.0. The SMILES string of the molecule is CC(C)[C@H]1Nc2ccccc2C(=O)N1CCCC(=O)Nc1ccc2[nH]ccc2c1. The monoisotopic (exact) mass is 390 g/mol. The first-order valence-corrected chi connectivity index (χ1v) is 10.1. The van der Waals surface area contributed by atoms with Gasteiger partial charge in [0.05, 0.1) is 5.56 Å². The van der Waals surface area contributed by atoms with Crippen molar-refractivity contribution in [3.63, 3.8) is 0 Å². The van der Waals surface area contributed by atoms with Gasteiger partial charge in [-0.1, -0.05) is 26.0 Å². The number of nitrogens with zero attached hydrogens (tertiary/aromatic N) is 1. The molecule has 1 aliphatic heterocycles. The normalized spacial score (nSPS) is 16.0. The van der Waals surface area contributed by atoms with E-state index in [1.54, 1.807) is 0 Å². The van der Waals surface area contributed by atoms with Gasteiger partial charge in [0.1, 0.15) is 6.17 Å². The van der Waals surface area contributed by atoms with Gasteiger partial charge < -0.3 is 20.5 Å². The lowest BCUT2D eigenvalue weighted by molar-refractivity contribution is -0.116. The van der Waals surface area contributed by atoms with E-state index < -0.39 is 0 Å². The Labute approximate surface area is 170 Å². The van der Waals surface area contributed by atoms with Gasteiger partial charge in [-0.3, -0.25) is 9.59 Å². The van der Waals surface area contributed by atoms with Crippen molar-refractivity contribution < 1.29 is 9.59 Å². The summed E-state index contributed by atoms with van der Waals surface area (Å²) in [4.78, 5) is 30.4. The van der Waals surface area contributed by atoms with Crippen LogP contribution in [-0.4, -0.2) is 34.4 Å². The number of aromatic amines is 1. The molecule has 2 heterocycles. The molecule has 0 bridgehead atoms. The van der Waals surface area contributed by atoms with Crippen LogP contribution in [0.2, 0.25) is 0 Å². The zero-order valence-corrected chi connectivity index (χ0v) is 16.7. The molecule has 3 aromatic rings. The molecule has 29 heavy (non-hydrogen) atoms. The van der Waals surface area contributed by atoms with Crippen LogP contribution in [0.3, 0.4) is 0 Å². The Hall–Kier alpha value is -3.28. The molecule has 150 valence electrons. The standard InChI is InChI=1S/C23H26N4O2/c1-15(2)22-26-20-7-4-3-6-18(20)23(29)27(22)13-5-8-21(28)25-17-9-10-19-16(14-17)11-12-24-19/h3-4,6-7,9-12,14-15,22,24,26H,5,8,13H2,1-2H3,(H,25,28)/t22-/m0/s1. The van der Waals surface area contributed by atoms with Gasteiger partial charge in [0.15, 0.2) is 0 Å². The van der Waals surface area contributed by atoms with E-state index in [9.17, 15) is 9.59 Å². The van der Waals surface area contributed by atoms with Crippen LogP contribution in [0.1, 0.15) is 37.0 Å². The molecule has 0 saturated heterocycles. The van der Waals surface area contributed by atoms with Gasteiger partial charge in [0, 0.05) is 41.4 Å². The Morgan fingerprint density at radius 1 is 1.17 bits per heavy atom. The van der Waals surface area contributed by atoms with Crippen molar-refractivity contribution in [3.05, 3.63) is 60.3 Å². The minimum atomic E-state index is -0.0727. The number of amides is 2. The Morgan fingerprint density at radius 3 is 2.83 bits per heavy atom. The van der Waals surface area contributed by atoms with E-state index in [1.807, 2.05) is 59.6 Å². The molecule has 0 aliphatic carbocycles. The lowest BCUT2D eigenvalue weighted by Gasteiger charge is -2.40. The molecule has 4 rings (SSSR count). The molecule has 6 nitrogen and oxygen atoms in total. The van der Waals surface area contributed by atoms with Crippen LogP contribution < -0.4 is 10.6 Å². The lowest BCUT2D eigenvalue weighted by Crippen LogP contribution is -2.51. The minimum absolute atomic E-state index is 0.0244. The van der Waals surface area contributed by atoms with Crippen LogP contribution in [0, 0.1) is 5.92 Å². The third kappa shape index (κ3) is 3.97. The van der Waals surface area contributed by atoms with Crippen LogP contribution >= 0.6 is 0 Å². The van der Waals surface area contributed by atoms with Crippen molar-refractivity contribution in [3.8, 4) is 0 Å². The highest BCUT2D eigenvalue weighted by atomic mass is 16.2. The second-order valence-corrected chi connectivity index (χ2v) is 7.81. The first-order chi connectivity index (χ1) is 14.0. The van der Waals surface area contributed by atoms with Crippen LogP contribution in [0.25, 0.3) is 10.9 Å². The van der Waals surface area contributed by atoms with E-state index in [0.717, 1.165) is 22.3 Å². The zero-order valence-electron chi connectivity index (χ0n) is 16.7. The summed E-state index contributed by atoms with van der Waals surface area (Å²) < 4.78 is 0. The van der Waals surface area contributed by atoms with Crippen molar-refractivity contribution in [2.45, 2.75) is 32.9 Å². The van der Waals surface area contributed by atoms with E-state index in [-0.39, 0.29) is 23.9 Å². The third-order valence-corrected chi connectivity index (χ3v) is 5.33. The van der Waals surface area contributed by atoms with E-state index in [0.29, 0.717) is 24.9 Å². The number of carbonyl (C=O) groups is 2. The first kappa shape index (κ1) is 19.1. The number of H-pyrrole nitrogens is 1. The van der Waals surface area contributed by atoms with Crippen LogP contribution in [0.4, 0.5) is 11.4 Å². The van der Waals surface area contributed by atoms with Crippen molar-refractivity contribution in [1.29, 1.82) is 0 Å². The number of hydrogen-bond acceptors (Lipinski definition) is 3. The summed E-state index contributed by atoms with van der Waals surface area (Å²) in [5.41, 5.74) is 3.39. The van der Waals surface area contributed by atoms with Crippen molar-refractivity contribution in [2.75, 3.05) is 17.2 Å². The average Bonchev–Trinajstić information content (AvgIpc) is 3.17. The van der Waals surface area contributed by atoms with Crippen LogP contribution in [-0.2, 0) is 4.79 Å². The number of aromatic nitrogens is 1. The number of carbonyl (C=O) groups excluding carboxylic acids is 2. The predicted molar refractivity (Wildman–Crippen MR) is 116 cm³/mol. The van der Waals surface area contributed by atoms with Crippen molar-refractivity contribution >= 4 is 34.1 Å². The number of rotatable bonds is 6. The second-order valence-electron chi connectivity index (χ2n) is 7.81. The summed E-state index contributed by atoms with van der Waals surface area (Å²) in [5.74, 6) is 0.240. The van der Waals surface area contributed by atoms with Gasteiger partial charge in [-0.15, -0.1) is 0 Å². The van der Waals surface area contributed by atoms with E-state index >= 15 is 0 Å². The lowest BCUT2D eigenvalue weighted by atomic mass is 10.0. The largest absolute Gasteiger partial charge is 0.364 e. The Morgan fingerprint density at radius 2 is 2.00 bits per heavy atom. The maximum Gasteiger partial charge on any atom is 0.257 e. The van der Waals surface area contributed by atoms with Crippen molar-refractivity contribution in [2.24, 2.45) is 5.92 Å². The van der Waals surface area contributed by atoms with E-state index in [2.05, 4.69) is 29.5 Å². The number of benzene rings is 2. The molecular weight excluding hydrogens is 364 g/mol. The minimum Gasteiger partial charge on any atom is -0.364 e. The molecule has 1 aliphatic rings. The third-order valence-electron chi connectivity index (χ3n) is 5.33. The summed E-state index contributed by atoms with van der Waals surface area (Å²) >= 11 is 0. The predicted octanol–water partition coefficient (Wildman–Crippen LogP) is 4.44. The molecule has 2 aromatic carbocycles. The number of para-hydroxylation sites is 1. The Balaban J connectivity index is 1.37. The smallest absolute Gasteiger partial charge is 0.257 e. The zero-order chi connectivity index (χ0) is 20.4. The topological polar surface area (TPSA) is 77.2 Å². The summed E-state index contributed by atoms with van der Waals surface area (Å²) in [5, 5.41) is 7.48. The van der Waals surface area contributed by atoms with Crippen LogP contribution in [0.5, 0.6) is 0 Å². The number of fused-ring (bicyclic) bond motifs is 2. The highest BCUT2D eigenvalue weighted by molar-refractivity contribution is 6.01. The number of nitrogens with one attached hydrogen (secondary N) is 3. The van der Waals surface area contributed by atoms with Gasteiger partial charge in [-0.05, 0) is 48.7 Å². The molecular formula is C23H26N4O2. The molecule has 2 amide bonds. The summed E-state index contributed by atoms with van der Waals surface area (Å²) in [6.45, 7) is 4.72. The quantitative estimate of drug-likeness (QED) is 0.582. The summed E-state index contributed by atoms with van der Waals surface area (Å²) in [6.07, 6.45) is 2.78. The molecule has 0 unspecified atom stereocenters. The maximum atomic E-state index is 13.0. The molecule has 0 fully saturated rings. The molecule has 3 N–H and O–H groups in total. The molecule has 1 atom stereocenters. The van der Waals surface area contributed by atoms with Gasteiger partial charge >= 0.3 is 0 Å². The molecule has 0 radical (unpaired) electrons. The number of hydrogen-bond donors (Lipinski definition) is 3. The van der Waals surface area contributed by atoms with E-state index in [4.69, 9.17) is 0 Å². The Bertz CT molecular complexity index is 1040. The van der Waals surface area contributed by atoms with Crippen molar-refractivity contribution in [1.82, 2.24) is 9.88 Å². The van der Waals surface area contributed by atoms with Gasteiger partial charge in [-0.2, -0.15) is 0 Å². The van der Waals surface area contributed by atoms with Gasteiger partial charge in [0.2, 0.25) is 5.91 Å². The summed E-state index contributed by atoms with van der Waals surface area (Å²) in [7, 11) is 0. The highest BCUT2D eigenvalue weighted by Gasteiger charge is 2.33. The van der Waals surface area contributed by atoms with Gasteiger partial charge in [0.25, 0.3) is 5.91 Å². The average molecular weight is 390 g/mol. The molecule has 6 heteroatoms. The Kier molecular flexibility index (Phi) is 5.25. The van der Waals surface area contributed by atoms with Gasteiger partial charge in [-0.25, -0.2) is 0 Å². The highest BCUT2D eigenvalue weighted by Crippen LogP contribution is 2.28. The molecule has 0 spiro atoms. The van der Waals surface area contributed by atoms with Crippen LogP contribution in [0.15, 0.2) is 54.7 Å². The fourth-order valence-corrected chi connectivity index (χ4v) is 3.85. The summed E-state index contributed by atoms with van der Waals surface area (Å²) in [6, 6.07) is 15.4.